The van der Waals surface area contributed by atoms with Gasteiger partial charge in [0.1, 0.15) is 5.75 Å². The number of aliphatic carboxylic acids is 1. The van der Waals surface area contributed by atoms with Crippen LogP contribution < -0.4 is 20.3 Å². The third kappa shape index (κ3) is 6.44. The quantitative estimate of drug-likeness (QED) is 0.219. The van der Waals surface area contributed by atoms with Crippen molar-refractivity contribution in [2.24, 2.45) is 0 Å². The van der Waals surface area contributed by atoms with Crippen molar-refractivity contribution in [3.63, 3.8) is 0 Å². The summed E-state index contributed by atoms with van der Waals surface area (Å²) in [6.07, 6.45) is 0.857. The largest absolute Gasteiger partial charge is 0.495 e. The summed E-state index contributed by atoms with van der Waals surface area (Å²) in [7, 11) is 1.52. The molecule has 8 nitrogen and oxygen atoms in total. The Bertz CT molecular complexity index is 1620. The van der Waals surface area contributed by atoms with Crippen LogP contribution in [0.5, 0.6) is 5.75 Å². The van der Waals surface area contributed by atoms with Gasteiger partial charge in [0.2, 0.25) is 5.91 Å². The SMILES string of the molecule is COc1cc(CC(=O)N2CCc3cc(C(CC(=O)O)c4ccccc4)ccc32)ccc1NC(=O)Nc1ccccc1C. The lowest BCUT2D eigenvalue weighted by Crippen LogP contribution is -2.30. The molecular weight excluding hydrogens is 530 g/mol. The molecule has 4 aromatic rings. The number of aryl methyl sites for hydroxylation is 1. The topological polar surface area (TPSA) is 108 Å². The summed E-state index contributed by atoms with van der Waals surface area (Å²) in [5, 5.41) is 15.2. The van der Waals surface area contributed by atoms with E-state index < -0.39 is 12.0 Å². The average Bonchev–Trinajstić information content (AvgIpc) is 3.42. The van der Waals surface area contributed by atoms with Crippen LogP contribution in [0.1, 0.15) is 40.2 Å². The normalized spacial score (nSPS) is 12.8. The van der Waals surface area contributed by atoms with Gasteiger partial charge in [-0.25, -0.2) is 4.79 Å². The van der Waals surface area contributed by atoms with Crippen molar-refractivity contribution in [2.75, 3.05) is 29.2 Å². The van der Waals surface area contributed by atoms with Gasteiger partial charge in [-0.1, -0.05) is 66.7 Å². The Labute approximate surface area is 244 Å². The van der Waals surface area contributed by atoms with E-state index in [1.165, 1.54) is 7.11 Å². The summed E-state index contributed by atoms with van der Waals surface area (Å²) in [5.41, 5.74) is 6.68. The minimum absolute atomic E-state index is 0.00825. The number of methoxy groups -OCH3 is 1. The van der Waals surface area contributed by atoms with Crippen LogP contribution in [-0.2, 0) is 22.4 Å². The van der Waals surface area contributed by atoms with Gasteiger partial charge < -0.3 is 25.4 Å². The number of amides is 3. The standard InChI is InChI=1S/C34H33N3O5/c1-22-8-6-7-11-28(22)35-34(41)36-29-14-12-23(18-31(29)42-2)19-32(38)37-17-16-26-20-25(13-15-30(26)37)27(21-33(39)40)24-9-4-3-5-10-24/h3-15,18,20,27H,16-17,19,21H2,1-2H3,(H,39,40)(H2,35,36,41). The second-order valence-electron chi connectivity index (χ2n) is 10.4. The number of carboxylic acids is 1. The minimum Gasteiger partial charge on any atom is -0.495 e. The van der Waals surface area contributed by atoms with Gasteiger partial charge in [0.15, 0.2) is 0 Å². The Hall–Kier alpha value is -5.11. The Morgan fingerprint density at radius 2 is 1.62 bits per heavy atom. The molecule has 4 aromatic carbocycles. The van der Waals surface area contributed by atoms with E-state index >= 15 is 0 Å². The summed E-state index contributed by atoms with van der Waals surface area (Å²) in [5.74, 6) is -0.717. The van der Waals surface area contributed by atoms with E-state index in [2.05, 4.69) is 10.6 Å². The molecule has 1 aliphatic rings. The molecule has 42 heavy (non-hydrogen) atoms. The summed E-state index contributed by atoms with van der Waals surface area (Å²) >= 11 is 0. The predicted molar refractivity (Wildman–Crippen MR) is 164 cm³/mol. The number of para-hydroxylation sites is 1. The van der Waals surface area contributed by atoms with Crippen LogP contribution in [0.3, 0.4) is 0 Å². The van der Waals surface area contributed by atoms with Gasteiger partial charge in [-0.3, -0.25) is 9.59 Å². The molecule has 0 aromatic heterocycles. The average molecular weight is 564 g/mol. The van der Waals surface area contributed by atoms with Crippen molar-refractivity contribution in [2.45, 2.75) is 32.1 Å². The van der Waals surface area contributed by atoms with E-state index in [0.29, 0.717) is 30.1 Å². The van der Waals surface area contributed by atoms with Crippen LogP contribution in [0.25, 0.3) is 0 Å². The third-order valence-electron chi connectivity index (χ3n) is 7.55. The number of benzene rings is 4. The molecule has 214 valence electrons. The number of nitrogens with zero attached hydrogens (tertiary/aromatic N) is 1. The number of hydrogen-bond acceptors (Lipinski definition) is 4. The van der Waals surface area contributed by atoms with E-state index in [0.717, 1.165) is 33.5 Å². The maximum Gasteiger partial charge on any atom is 0.323 e. The molecule has 0 bridgehead atoms. The second kappa shape index (κ2) is 12.6. The number of carboxylic acid groups (broad SMARTS) is 1. The van der Waals surface area contributed by atoms with Crippen molar-refractivity contribution in [1.29, 1.82) is 0 Å². The number of ether oxygens (including phenoxy) is 1. The molecule has 0 radical (unpaired) electrons. The van der Waals surface area contributed by atoms with Crippen molar-refractivity contribution >= 4 is 35.0 Å². The lowest BCUT2D eigenvalue weighted by molar-refractivity contribution is -0.137. The van der Waals surface area contributed by atoms with E-state index in [1.807, 2.05) is 79.7 Å². The lowest BCUT2D eigenvalue weighted by atomic mass is 9.87. The predicted octanol–water partition coefficient (Wildman–Crippen LogP) is 6.39. The fourth-order valence-corrected chi connectivity index (χ4v) is 5.39. The van der Waals surface area contributed by atoms with Gasteiger partial charge in [-0.15, -0.1) is 0 Å². The van der Waals surface area contributed by atoms with Crippen LogP contribution in [0.4, 0.5) is 21.9 Å². The van der Waals surface area contributed by atoms with Gasteiger partial charge in [-0.05, 0) is 65.4 Å². The number of carbonyl (C=O) groups excluding carboxylic acids is 2. The number of fused-ring (bicyclic) bond motifs is 1. The highest BCUT2D eigenvalue weighted by molar-refractivity contribution is 6.01. The summed E-state index contributed by atoms with van der Waals surface area (Å²) in [6.45, 7) is 2.48. The fourth-order valence-electron chi connectivity index (χ4n) is 5.39. The van der Waals surface area contributed by atoms with Crippen LogP contribution in [0, 0.1) is 6.92 Å². The van der Waals surface area contributed by atoms with Gasteiger partial charge in [0, 0.05) is 23.8 Å². The lowest BCUT2D eigenvalue weighted by Gasteiger charge is -2.20. The highest BCUT2D eigenvalue weighted by Gasteiger charge is 2.27. The van der Waals surface area contributed by atoms with E-state index in [4.69, 9.17) is 4.74 Å². The molecule has 0 fully saturated rings. The molecule has 0 spiro atoms. The molecule has 5 rings (SSSR count). The van der Waals surface area contributed by atoms with Crippen LogP contribution in [-0.4, -0.2) is 36.7 Å². The molecule has 0 saturated carbocycles. The molecule has 1 unspecified atom stereocenters. The van der Waals surface area contributed by atoms with Crippen LogP contribution in [0.15, 0.2) is 91.0 Å². The highest BCUT2D eigenvalue weighted by Crippen LogP contribution is 2.35. The number of rotatable bonds is 9. The van der Waals surface area contributed by atoms with Crippen molar-refractivity contribution in [3.05, 3.63) is 119 Å². The first-order chi connectivity index (χ1) is 20.3. The van der Waals surface area contributed by atoms with Crippen molar-refractivity contribution < 1.29 is 24.2 Å². The Kier molecular flexibility index (Phi) is 8.52. The molecule has 0 saturated heterocycles. The summed E-state index contributed by atoms with van der Waals surface area (Å²) < 4.78 is 5.51. The summed E-state index contributed by atoms with van der Waals surface area (Å²) in [6, 6.07) is 27.9. The molecule has 1 atom stereocenters. The van der Waals surface area contributed by atoms with Gasteiger partial charge in [-0.2, -0.15) is 0 Å². The molecule has 0 aliphatic carbocycles. The number of hydrogen-bond donors (Lipinski definition) is 3. The minimum atomic E-state index is -0.857. The zero-order chi connectivity index (χ0) is 29.6. The van der Waals surface area contributed by atoms with Crippen LogP contribution in [0.2, 0.25) is 0 Å². The number of urea groups is 1. The van der Waals surface area contributed by atoms with Crippen molar-refractivity contribution in [3.8, 4) is 5.75 Å². The van der Waals surface area contributed by atoms with Crippen LogP contribution >= 0.6 is 0 Å². The first-order valence-electron chi connectivity index (χ1n) is 13.8. The maximum absolute atomic E-state index is 13.4. The van der Waals surface area contributed by atoms with Gasteiger partial charge in [0.05, 0.1) is 25.6 Å². The molecule has 3 amide bonds. The first-order valence-corrected chi connectivity index (χ1v) is 13.8. The smallest absolute Gasteiger partial charge is 0.323 e. The molecule has 3 N–H and O–H groups in total. The molecule has 8 heteroatoms. The number of carbonyl (C=O) groups is 3. The van der Waals surface area contributed by atoms with E-state index in [9.17, 15) is 19.5 Å². The Morgan fingerprint density at radius 3 is 2.36 bits per heavy atom. The Morgan fingerprint density at radius 1 is 0.881 bits per heavy atom. The number of anilines is 3. The zero-order valence-electron chi connectivity index (χ0n) is 23.6. The molecule has 1 aliphatic heterocycles. The highest BCUT2D eigenvalue weighted by atomic mass is 16.5. The fraction of sp³-hybridized carbons (Fsp3) is 0.206. The van der Waals surface area contributed by atoms with Gasteiger partial charge >= 0.3 is 12.0 Å². The summed E-state index contributed by atoms with van der Waals surface area (Å²) in [4.78, 5) is 39.4. The molecular formula is C34H33N3O5. The first kappa shape index (κ1) is 28.4. The third-order valence-corrected chi connectivity index (χ3v) is 7.55. The van der Waals surface area contributed by atoms with E-state index in [-0.39, 0.29) is 24.7 Å². The molecule has 1 heterocycles. The number of nitrogens with one attached hydrogen (secondary N) is 2. The Balaban J connectivity index is 1.28. The van der Waals surface area contributed by atoms with Crippen molar-refractivity contribution in [1.82, 2.24) is 0 Å². The van der Waals surface area contributed by atoms with E-state index in [1.54, 1.807) is 23.1 Å². The maximum atomic E-state index is 13.4. The monoisotopic (exact) mass is 563 g/mol. The second-order valence-corrected chi connectivity index (χ2v) is 10.4. The zero-order valence-corrected chi connectivity index (χ0v) is 23.6. The van der Waals surface area contributed by atoms with Gasteiger partial charge in [0.25, 0.3) is 0 Å².